The molecule has 2 nitrogen and oxygen atoms in total. The third-order valence-electron chi connectivity index (χ3n) is 4.21. The standard InChI is InChI=1S/C21H38O2/c1-2-3-4-5-6-7-8-9-10-11-12-13-14-15-16-17-18-19-20-21(22)23/h2,9-10H,1,3-8,11-20H2,(H,22,23)/b10-9+. The summed E-state index contributed by atoms with van der Waals surface area (Å²) in [6, 6.07) is 0. The molecule has 0 radical (unpaired) electrons. The maximum absolute atomic E-state index is 10.4. The van der Waals surface area contributed by atoms with E-state index in [2.05, 4.69) is 18.7 Å². The van der Waals surface area contributed by atoms with Gasteiger partial charge in [0.15, 0.2) is 0 Å². The SMILES string of the molecule is C=CCCCCCC/C=C/CCCCCCCCCCC(=O)O. The molecule has 134 valence electrons. The minimum absolute atomic E-state index is 0.334. The Labute approximate surface area is 144 Å². The molecule has 0 fully saturated rings. The Morgan fingerprint density at radius 3 is 1.48 bits per heavy atom. The van der Waals surface area contributed by atoms with Gasteiger partial charge in [0.25, 0.3) is 0 Å². The second kappa shape index (κ2) is 19.0. The molecule has 23 heavy (non-hydrogen) atoms. The van der Waals surface area contributed by atoms with Crippen LogP contribution in [0.1, 0.15) is 103 Å². The van der Waals surface area contributed by atoms with Gasteiger partial charge in [-0.15, -0.1) is 6.58 Å². The Balaban J connectivity index is 3.08. The van der Waals surface area contributed by atoms with Crippen LogP contribution < -0.4 is 0 Å². The summed E-state index contributed by atoms with van der Waals surface area (Å²) in [4.78, 5) is 10.4. The molecule has 0 rings (SSSR count). The topological polar surface area (TPSA) is 37.3 Å². The highest BCUT2D eigenvalue weighted by atomic mass is 16.4. The molecule has 0 amide bonds. The van der Waals surface area contributed by atoms with E-state index in [1.807, 2.05) is 6.08 Å². The largest absolute Gasteiger partial charge is 0.481 e. The van der Waals surface area contributed by atoms with E-state index in [-0.39, 0.29) is 0 Å². The van der Waals surface area contributed by atoms with Crippen molar-refractivity contribution in [2.24, 2.45) is 0 Å². The zero-order valence-corrected chi connectivity index (χ0v) is 15.1. The Kier molecular flexibility index (Phi) is 18.1. The zero-order valence-electron chi connectivity index (χ0n) is 15.1. The first-order valence-corrected chi connectivity index (χ1v) is 9.75. The number of carboxylic acid groups (broad SMARTS) is 1. The lowest BCUT2D eigenvalue weighted by atomic mass is 10.1. The summed E-state index contributed by atoms with van der Waals surface area (Å²) >= 11 is 0. The summed E-state index contributed by atoms with van der Waals surface area (Å²) in [6.07, 6.45) is 25.7. The molecule has 0 aromatic rings. The second-order valence-corrected chi connectivity index (χ2v) is 6.51. The van der Waals surface area contributed by atoms with E-state index in [1.165, 1.54) is 77.0 Å². The summed E-state index contributed by atoms with van der Waals surface area (Å²) in [6.45, 7) is 3.75. The monoisotopic (exact) mass is 322 g/mol. The predicted molar refractivity (Wildman–Crippen MR) is 101 cm³/mol. The van der Waals surface area contributed by atoms with Gasteiger partial charge in [-0.1, -0.05) is 69.6 Å². The maximum atomic E-state index is 10.4. The first-order chi connectivity index (χ1) is 11.3. The van der Waals surface area contributed by atoms with Gasteiger partial charge in [0.05, 0.1) is 0 Å². The third-order valence-corrected chi connectivity index (χ3v) is 4.21. The van der Waals surface area contributed by atoms with Gasteiger partial charge >= 0.3 is 5.97 Å². The van der Waals surface area contributed by atoms with Crippen LogP contribution in [0.3, 0.4) is 0 Å². The molecule has 0 aromatic carbocycles. The van der Waals surface area contributed by atoms with Crippen molar-refractivity contribution >= 4 is 5.97 Å². The van der Waals surface area contributed by atoms with Crippen LogP contribution in [0.15, 0.2) is 24.8 Å². The molecule has 2 heteroatoms. The number of allylic oxidation sites excluding steroid dienone is 3. The molecular formula is C21H38O2. The average Bonchev–Trinajstić information content (AvgIpc) is 2.53. The van der Waals surface area contributed by atoms with Gasteiger partial charge in [-0.05, 0) is 44.9 Å². The fraction of sp³-hybridized carbons (Fsp3) is 0.762. The lowest BCUT2D eigenvalue weighted by Crippen LogP contribution is -1.93. The molecule has 0 heterocycles. The maximum Gasteiger partial charge on any atom is 0.303 e. The van der Waals surface area contributed by atoms with Gasteiger partial charge in [0.1, 0.15) is 0 Å². The van der Waals surface area contributed by atoms with Crippen molar-refractivity contribution in [1.82, 2.24) is 0 Å². The van der Waals surface area contributed by atoms with Gasteiger partial charge in [0, 0.05) is 6.42 Å². The van der Waals surface area contributed by atoms with E-state index in [4.69, 9.17) is 5.11 Å². The van der Waals surface area contributed by atoms with Crippen molar-refractivity contribution < 1.29 is 9.90 Å². The Bertz CT molecular complexity index is 294. The van der Waals surface area contributed by atoms with E-state index < -0.39 is 5.97 Å². The number of unbranched alkanes of at least 4 members (excludes halogenated alkanes) is 13. The molecule has 0 aliphatic rings. The van der Waals surface area contributed by atoms with Crippen LogP contribution >= 0.6 is 0 Å². The van der Waals surface area contributed by atoms with Crippen LogP contribution in [-0.4, -0.2) is 11.1 Å². The molecule has 0 saturated heterocycles. The average molecular weight is 323 g/mol. The molecule has 0 unspecified atom stereocenters. The highest BCUT2D eigenvalue weighted by Gasteiger charge is 1.96. The molecule has 0 saturated carbocycles. The molecule has 0 aliphatic heterocycles. The third kappa shape index (κ3) is 21.0. The van der Waals surface area contributed by atoms with Gasteiger partial charge in [-0.2, -0.15) is 0 Å². The van der Waals surface area contributed by atoms with E-state index >= 15 is 0 Å². The van der Waals surface area contributed by atoms with Crippen molar-refractivity contribution in [2.45, 2.75) is 103 Å². The van der Waals surface area contributed by atoms with Crippen LogP contribution in [0, 0.1) is 0 Å². The van der Waals surface area contributed by atoms with Crippen molar-refractivity contribution in [3.63, 3.8) is 0 Å². The van der Waals surface area contributed by atoms with Crippen LogP contribution in [0.2, 0.25) is 0 Å². The van der Waals surface area contributed by atoms with Crippen molar-refractivity contribution in [2.75, 3.05) is 0 Å². The summed E-state index contributed by atoms with van der Waals surface area (Å²) in [5.41, 5.74) is 0. The number of carbonyl (C=O) groups is 1. The fourth-order valence-corrected chi connectivity index (χ4v) is 2.74. The minimum Gasteiger partial charge on any atom is -0.481 e. The molecule has 0 spiro atoms. The highest BCUT2D eigenvalue weighted by molar-refractivity contribution is 5.66. The Hall–Kier alpha value is -1.05. The van der Waals surface area contributed by atoms with E-state index in [0.29, 0.717) is 6.42 Å². The van der Waals surface area contributed by atoms with Crippen molar-refractivity contribution in [3.8, 4) is 0 Å². The number of aliphatic carboxylic acids is 1. The summed E-state index contributed by atoms with van der Waals surface area (Å²) in [5, 5.41) is 8.54. The number of hydrogen-bond acceptors (Lipinski definition) is 1. The minimum atomic E-state index is -0.661. The summed E-state index contributed by atoms with van der Waals surface area (Å²) in [5.74, 6) is -0.661. The van der Waals surface area contributed by atoms with Gasteiger partial charge in [0.2, 0.25) is 0 Å². The van der Waals surface area contributed by atoms with Crippen LogP contribution in [0.5, 0.6) is 0 Å². The number of carboxylic acids is 1. The first kappa shape index (κ1) is 21.9. The first-order valence-electron chi connectivity index (χ1n) is 9.75. The van der Waals surface area contributed by atoms with Crippen LogP contribution in [0.4, 0.5) is 0 Å². The van der Waals surface area contributed by atoms with Crippen LogP contribution in [-0.2, 0) is 4.79 Å². The molecule has 0 atom stereocenters. The van der Waals surface area contributed by atoms with Gasteiger partial charge in [-0.3, -0.25) is 4.79 Å². The molecule has 0 bridgehead atoms. The zero-order chi connectivity index (χ0) is 17.0. The van der Waals surface area contributed by atoms with Crippen molar-refractivity contribution in [3.05, 3.63) is 24.8 Å². The number of hydrogen-bond donors (Lipinski definition) is 1. The van der Waals surface area contributed by atoms with Gasteiger partial charge < -0.3 is 5.11 Å². The van der Waals surface area contributed by atoms with Crippen LogP contribution in [0.25, 0.3) is 0 Å². The fourth-order valence-electron chi connectivity index (χ4n) is 2.74. The van der Waals surface area contributed by atoms with E-state index in [1.54, 1.807) is 0 Å². The summed E-state index contributed by atoms with van der Waals surface area (Å²) in [7, 11) is 0. The van der Waals surface area contributed by atoms with Gasteiger partial charge in [-0.25, -0.2) is 0 Å². The molecular weight excluding hydrogens is 284 g/mol. The smallest absolute Gasteiger partial charge is 0.303 e. The Morgan fingerprint density at radius 1 is 0.652 bits per heavy atom. The predicted octanol–water partition coefficient (Wildman–Crippen LogP) is 7.05. The van der Waals surface area contributed by atoms with E-state index in [9.17, 15) is 4.79 Å². The quantitative estimate of drug-likeness (QED) is 0.217. The lowest BCUT2D eigenvalue weighted by Gasteiger charge is -2.01. The normalized spacial score (nSPS) is 11.1. The molecule has 0 aromatic heterocycles. The molecule has 1 N–H and O–H groups in total. The molecule has 0 aliphatic carbocycles. The number of rotatable bonds is 18. The van der Waals surface area contributed by atoms with Crippen molar-refractivity contribution in [1.29, 1.82) is 0 Å². The van der Waals surface area contributed by atoms with E-state index in [0.717, 1.165) is 19.3 Å². The highest BCUT2D eigenvalue weighted by Crippen LogP contribution is 2.11. The second-order valence-electron chi connectivity index (χ2n) is 6.51. The Morgan fingerprint density at radius 2 is 1.04 bits per heavy atom. The summed E-state index contributed by atoms with van der Waals surface area (Å²) < 4.78 is 0. The lowest BCUT2D eigenvalue weighted by molar-refractivity contribution is -0.137.